The van der Waals surface area contributed by atoms with Gasteiger partial charge >= 0.3 is 6.18 Å². The third-order valence-corrected chi connectivity index (χ3v) is 7.12. The van der Waals surface area contributed by atoms with Gasteiger partial charge in [-0.25, -0.2) is 8.42 Å². The van der Waals surface area contributed by atoms with Gasteiger partial charge in [-0.1, -0.05) is 30.3 Å². The van der Waals surface area contributed by atoms with Crippen LogP contribution in [0.15, 0.2) is 93.5 Å². The van der Waals surface area contributed by atoms with E-state index in [4.69, 9.17) is 9.47 Å². The van der Waals surface area contributed by atoms with Crippen molar-refractivity contribution < 1.29 is 35.6 Å². The average molecular weight is 571 g/mol. The molecule has 38 heavy (non-hydrogen) atoms. The molecule has 0 amide bonds. The second kappa shape index (κ2) is 12.4. The first kappa shape index (κ1) is 31.5. The van der Waals surface area contributed by atoms with Crippen LogP contribution in [-0.4, -0.2) is 36.1 Å². The topological polar surface area (TPSA) is 75.7 Å². The zero-order valence-corrected chi connectivity index (χ0v) is 23.8. The molecule has 3 rings (SSSR count). The Kier molecular flexibility index (Phi) is 10.3. The molecule has 0 saturated carbocycles. The number of halogens is 3. The SMILES string of the molecule is CC(C)(C)Oc1cccc([S+](c2ccccc2)c2cccc(OC(C)(C)C)c2)c1.O=S(=O)([O-])CC(F)(F)F. The molecule has 5 nitrogen and oxygen atoms in total. The fraction of sp³-hybridized carbons (Fsp3) is 0.357. The van der Waals surface area contributed by atoms with Gasteiger partial charge < -0.3 is 14.0 Å². The van der Waals surface area contributed by atoms with Crippen LogP contribution < -0.4 is 9.47 Å². The zero-order chi connectivity index (χ0) is 28.8. The minimum absolute atomic E-state index is 0.232. The molecule has 0 aliphatic rings. The Labute approximate surface area is 226 Å². The first-order valence-corrected chi connectivity index (χ1v) is 14.5. The van der Waals surface area contributed by atoms with E-state index in [9.17, 15) is 26.1 Å². The molecule has 0 spiro atoms. The lowest BCUT2D eigenvalue weighted by Gasteiger charge is -2.22. The molecule has 3 aromatic carbocycles. The summed E-state index contributed by atoms with van der Waals surface area (Å²) in [5.41, 5.74) is -0.463. The molecule has 0 bridgehead atoms. The minimum Gasteiger partial charge on any atom is -0.748 e. The standard InChI is InChI=1S/C26H31O2S.C2H3F3O3S/c1-25(2,3)27-20-12-10-16-23(18-20)29(22-14-8-7-9-15-22)24-17-11-13-21(19-24)28-26(4,5)6;3-2(4,5)1-9(6,7)8/h7-19H,1-6H3;1H2,(H,6,7,8)/q+1;/p-1. The van der Waals surface area contributed by atoms with E-state index in [-0.39, 0.29) is 22.1 Å². The van der Waals surface area contributed by atoms with E-state index in [2.05, 4.69) is 108 Å². The number of benzene rings is 3. The van der Waals surface area contributed by atoms with E-state index in [1.54, 1.807) is 0 Å². The van der Waals surface area contributed by atoms with Crippen LogP contribution in [0.4, 0.5) is 13.2 Å². The van der Waals surface area contributed by atoms with Gasteiger partial charge in [0.05, 0.1) is 10.9 Å². The van der Waals surface area contributed by atoms with Crippen LogP contribution in [0.3, 0.4) is 0 Å². The molecule has 0 N–H and O–H groups in total. The van der Waals surface area contributed by atoms with Gasteiger partial charge in [0, 0.05) is 12.1 Å². The maximum Gasteiger partial charge on any atom is 0.401 e. The lowest BCUT2D eigenvalue weighted by molar-refractivity contribution is -0.107. The second-order valence-corrected chi connectivity index (χ2v) is 13.7. The maximum absolute atomic E-state index is 11.0. The third-order valence-electron chi connectivity index (χ3n) is 4.25. The van der Waals surface area contributed by atoms with Gasteiger partial charge in [0.15, 0.2) is 14.7 Å². The Morgan fingerprint density at radius 2 is 1.08 bits per heavy atom. The largest absolute Gasteiger partial charge is 0.748 e. The quantitative estimate of drug-likeness (QED) is 0.231. The monoisotopic (exact) mass is 570 g/mol. The third kappa shape index (κ3) is 12.2. The Morgan fingerprint density at radius 1 is 0.684 bits per heavy atom. The van der Waals surface area contributed by atoms with Gasteiger partial charge in [-0.2, -0.15) is 13.2 Å². The molecule has 10 heteroatoms. The Balaban J connectivity index is 0.000000484. The number of ether oxygens (including phenoxy) is 2. The van der Waals surface area contributed by atoms with Crippen molar-refractivity contribution in [1.82, 2.24) is 0 Å². The van der Waals surface area contributed by atoms with Gasteiger partial charge in [-0.05, 0) is 77.9 Å². The highest BCUT2D eigenvalue weighted by Crippen LogP contribution is 2.35. The van der Waals surface area contributed by atoms with Gasteiger partial charge in [0.25, 0.3) is 0 Å². The van der Waals surface area contributed by atoms with Crippen molar-refractivity contribution in [2.75, 3.05) is 5.75 Å². The predicted molar refractivity (Wildman–Crippen MR) is 143 cm³/mol. The average Bonchev–Trinajstić information content (AvgIpc) is 2.71. The first-order valence-electron chi connectivity index (χ1n) is 11.7. The summed E-state index contributed by atoms with van der Waals surface area (Å²) < 4.78 is 73.3. The number of alkyl halides is 3. The van der Waals surface area contributed by atoms with Crippen LogP contribution in [0.2, 0.25) is 0 Å². The molecule has 0 heterocycles. The second-order valence-electron chi connectivity index (χ2n) is 10.3. The summed E-state index contributed by atoms with van der Waals surface area (Å²) in [6.07, 6.45) is -4.92. The summed E-state index contributed by atoms with van der Waals surface area (Å²) in [6, 6.07) is 27.5. The van der Waals surface area contributed by atoms with Crippen molar-refractivity contribution in [1.29, 1.82) is 0 Å². The Morgan fingerprint density at radius 3 is 1.39 bits per heavy atom. The van der Waals surface area contributed by atoms with Crippen LogP contribution in [0.1, 0.15) is 41.5 Å². The van der Waals surface area contributed by atoms with E-state index in [1.165, 1.54) is 14.7 Å². The normalized spacial score (nSPS) is 12.5. The van der Waals surface area contributed by atoms with Crippen molar-refractivity contribution in [2.45, 2.75) is 73.6 Å². The first-order chi connectivity index (χ1) is 17.3. The molecule has 3 aromatic rings. The summed E-state index contributed by atoms with van der Waals surface area (Å²) in [5.74, 6) is -0.504. The Hall–Kier alpha value is -2.69. The molecule has 0 aliphatic carbocycles. The van der Waals surface area contributed by atoms with E-state index >= 15 is 0 Å². The van der Waals surface area contributed by atoms with Crippen molar-refractivity contribution in [2.24, 2.45) is 0 Å². The molecule has 0 radical (unpaired) electrons. The fourth-order valence-corrected chi connectivity index (χ4v) is 5.75. The van der Waals surface area contributed by atoms with Crippen LogP contribution in [-0.2, 0) is 21.0 Å². The number of hydrogen-bond donors (Lipinski definition) is 0. The molecule has 0 saturated heterocycles. The maximum atomic E-state index is 11.0. The number of rotatable bonds is 6. The van der Waals surface area contributed by atoms with Gasteiger partial charge in [0.2, 0.25) is 0 Å². The molecular formula is C28H33F3O5S2. The molecule has 208 valence electrons. The highest BCUT2D eigenvalue weighted by molar-refractivity contribution is 7.97. The van der Waals surface area contributed by atoms with Crippen LogP contribution in [0.5, 0.6) is 11.5 Å². The highest BCUT2D eigenvalue weighted by Gasteiger charge is 2.31. The molecule has 0 atom stereocenters. The smallest absolute Gasteiger partial charge is 0.401 e. The van der Waals surface area contributed by atoms with Crippen molar-refractivity contribution >= 4 is 21.0 Å². The summed E-state index contributed by atoms with van der Waals surface area (Å²) in [6.45, 7) is 12.4. The van der Waals surface area contributed by atoms with E-state index in [1.807, 2.05) is 12.1 Å². The van der Waals surface area contributed by atoms with E-state index in [0.29, 0.717) is 0 Å². The van der Waals surface area contributed by atoms with Crippen LogP contribution in [0.25, 0.3) is 0 Å². The summed E-state index contributed by atoms with van der Waals surface area (Å²) in [4.78, 5) is 3.73. The van der Waals surface area contributed by atoms with Gasteiger partial charge in [-0.15, -0.1) is 0 Å². The van der Waals surface area contributed by atoms with Crippen molar-refractivity contribution in [3.63, 3.8) is 0 Å². The van der Waals surface area contributed by atoms with E-state index in [0.717, 1.165) is 11.5 Å². The Bertz CT molecular complexity index is 1220. The molecule has 0 aliphatic heterocycles. The lowest BCUT2D eigenvalue weighted by Crippen LogP contribution is -2.23. The molecular weight excluding hydrogens is 537 g/mol. The van der Waals surface area contributed by atoms with Crippen LogP contribution in [0, 0.1) is 0 Å². The lowest BCUT2D eigenvalue weighted by atomic mass is 10.2. The fourth-order valence-electron chi connectivity index (χ4n) is 3.20. The summed E-state index contributed by atoms with van der Waals surface area (Å²) >= 11 is 0. The molecule has 0 fully saturated rings. The van der Waals surface area contributed by atoms with Crippen molar-refractivity contribution in [3.8, 4) is 11.5 Å². The molecule has 0 unspecified atom stereocenters. The summed E-state index contributed by atoms with van der Waals surface area (Å²) in [7, 11) is -5.41. The van der Waals surface area contributed by atoms with Crippen molar-refractivity contribution in [3.05, 3.63) is 78.9 Å². The molecule has 0 aromatic heterocycles. The van der Waals surface area contributed by atoms with Gasteiger partial charge in [-0.3, -0.25) is 0 Å². The zero-order valence-electron chi connectivity index (χ0n) is 22.2. The predicted octanol–water partition coefficient (Wildman–Crippen LogP) is 7.23. The highest BCUT2D eigenvalue weighted by atomic mass is 32.2. The van der Waals surface area contributed by atoms with Gasteiger partial charge in [0.1, 0.15) is 38.6 Å². The number of hydrogen-bond acceptors (Lipinski definition) is 5. The summed E-state index contributed by atoms with van der Waals surface area (Å²) in [5, 5.41) is 0. The minimum atomic E-state index is -5.16. The van der Waals surface area contributed by atoms with E-state index < -0.39 is 22.0 Å². The van der Waals surface area contributed by atoms with Crippen LogP contribution >= 0.6 is 0 Å².